The van der Waals surface area contributed by atoms with Crippen LogP contribution in [0.3, 0.4) is 0 Å². The molecular formula is C10H13N3O3. The number of carbonyl (C=O) groups is 2. The Bertz CT molecular complexity index is 404. The van der Waals surface area contributed by atoms with Crippen molar-refractivity contribution in [2.24, 2.45) is 0 Å². The summed E-state index contributed by atoms with van der Waals surface area (Å²) < 4.78 is 0. The number of likely N-dealkylation sites (N-methyl/N-ethyl adjacent to an activating group) is 1. The van der Waals surface area contributed by atoms with Crippen LogP contribution in [0.2, 0.25) is 0 Å². The second-order valence-corrected chi connectivity index (χ2v) is 3.51. The van der Waals surface area contributed by atoms with Crippen molar-refractivity contribution in [3.63, 3.8) is 0 Å². The highest BCUT2D eigenvalue weighted by Gasteiger charge is 2.12. The number of hydrogen-bond acceptors (Lipinski definition) is 4. The molecule has 0 atom stereocenters. The summed E-state index contributed by atoms with van der Waals surface area (Å²) in [5.74, 6) is -1.37. The predicted octanol–water partition coefficient (Wildman–Crippen LogP) is 0.280. The van der Waals surface area contributed by atoms with Crippen LogP contribution in [-0.2, 0) is 4.79 Å². The van der Waals surface area contributed by atoms with Gasteiger partial charge in [0.1, 0.15) is 0 Å². The molecule has 0 fully saturated rings. The molecule has 0 aliphatic carbocycles. The maximum atomic E-state index is 11.4. The zero-order valence-electron chi connectivity index (χ0n) is 9.10. The summed E-state index contributed by atoms with van der Waals surface area (Å²) in [5.41, 5.74) is 0.240. The third kappa shape index (κ3) is 3.32. The van der Waals surface area contributed by atoms with E-state index in [1.165, 1.54) is 18.5 Å². The molecule has 0 aromatic carbocycles. The lowest BCUT2D eigenvalue weighted by Crippen LogP contribution is -2.27. The number of hydrogen-bond donors (Lipinski definition) is 2. The van der Waals surface area contributed by atoms with Gasteiger partial charge in [-0.05, 0) is 20.2 Å². The minimum absolute atomic E-state index is 0.0297. The van der Waals surface area contributed by atoms with Crippen LogP contribution in [0.5, 0.6) is 0 Å². The maximum Gasteiger partial charge on any atom is 0.337 e. The Morgan fingerprint density at radius 1 is 1.50 bits per heavy atom. The minimum atomic E-state index is -1.09. The smallest absolute Gasteiger partial charge is 0.337 e. The molecule has 0 bridgehead atoms. The van der Waals surface area contributed by atoms with Gasteiger partial charge in [0.2, 0.25) is 5.91 Å². The van der Waals surface area contributed by atoms with E-state index in [2.05, 4.69) is 10.3 Å². The first kappa shape index (κ1) is 12.1. The van der Waals surface area contributed by atoms with Gasteiger partial charge < -0.3 is 15.3 Å². The lowest BCUT2D eigenvalue weighted by molar-refractivity contribution is -0.116. The Morgan fingerprint density at radius 2 is 2.19 bits per heavy atom. The molecule has 0 aliphatic heterocycles. The second-order valence-electron chi connectivity index (χ2n) is 3.51. The van der Waals surface area contributed by atoms with Crippen LogP contribution in [0.25, 0.3) is 0 Å². The molecule has 0 unspecified atom stereocenters. The number of carboxylic acids is 1. The lowest BCUT2D eigenvalue weighted by atomic mass is 10.2. The summed E-state index contributed by atoms with van der Waals surface area (Å²) in [4.78, 5) is 27.7. The number of aromatic carboxylic acids is 1. The van der Waals surface area contributed by atoms with Crippen molar-refractivity contribution in [2.75, 3.05) is 26.0 Å². The molecule has 16 heavy (non-hydrogen) atoms. The van der Waals surface area contributed by atoms with E-state index < -0.39 is 5.97 Å². The van der Waals surface area contributed by atoms with Crippen molar-refractivity contribution in [2.45, 2.75) is 0 Å². The number of anilines is 1. The SMILES string of the molecule is CN(C)CC(=O)Nc1cnccc1C(=O)O. The summed E-state index contributed by atoms with van der Waals surface area (Å²) in [6, 6.07) is 1.34. The normalized spacial score (nSPS) is 10.2. The van der Waals surface area contributed by atoms with Crippen molar-refractivity contribution >= 4 is 17.6 Å². The molecule has 86 valence electrons. The molecule has 1 rings (SSSR count). The van der Waals surface area contributed by atoms with Gasteiger partial charge in [-0.3, -0.25) is 9.78 Å². The van der Waals surface area contributed by atoms with Crippen LogP contribution in [0.4, 0.5) is 5.69 Å². The fourth-order valence-corrected chi connectivity index (χ4v) is 1.16. The summed E-state index contributed by atoms with van der Waals surface area (Å²) in [5, 5.41) is 11.4. The molecule has 0 saturated heterocycles. The van der Waals surface area contributed by atoms with Crippen molar-refractivity contribution < 1.29 is 14.7 Å². The van der Waals surface area contributed by atoms with Crippen LogP contribution in [0, 0.1) is 0 Å². The summed E-state index contributed by atoms with van der Waals surface area (Å²) in [6.07, 6.45) is 2.68. The Balaban J connectivity index is 2.81. The van der Waals surface area contributed by atoms with Gasteiger partial charge >= 0.3 is 5.97 Å². The van der Waals surface area contributed by atoms with E-state index in [9.17, 15) is 9.59 Å². The topological polar surface area (TPSA) is 82.5 Å². The Morgan fingerprint density at radius 3 is 2.75 bits per heavy atom. The van der Waals surface area contributed by atoms with E-state index in [1.54, 1.807) is 19.0 Å². The van der Waals surface area contributed by atoms with Crippen molar-refractivity contribution in [3.8, 4) is 0 Å². The van der Waals surface area contributed by atoms with Crippen LogP contribution in [0.15, 0.2) is 18.5 Å². The monoisotopic (exact) mass is 223 g/mol. The highest BCUT2D eigenvalue weighted by molar-refractivity contribution is 6.00. The summed E-state index contributed by atoms with van der Waals surface area (Å²) >= 11 is 0. The largest absolute Gasteiger partial charge is 0.478 e. The average Bonchev–Trinajstić information content (AvgIpc) is 2.16. The molecule has 6 nitrogen and oxygen atoms in total. The van der Waals surface area contributed by atoms with Gasteiger partial charge in [0.15, 0.2) is 0 Å². The lowest BCUT2D eigenvalue weighted by Gasteiger charge is -2.11. The standard InChI is InChI=1S/C10H13N3O3/c1-13(2)6-9(14)12-8-5-11-4-3-7(8)10(15)16/h3-5H,6H2,1-2H3,(H,12,14)(H,15,16). The third-order valence-electron chi connectivity index (χ3n) is 1.79. The van der Waals surface area contributed by atoms with Crippen molar-refractivity contribution in [1.82, 2.24) is 9.88 Å². The van der Waals surface area contributed by atoms with Crippen LogP contribution < -0.4 is 5.32 Å². The van der Waals surface area contributed by atoms with Crippen LogP contribution in [-0.4, -0.2) is 47.5 Å². The van der Waals surface area contributed by atoms with E-state index in [-0.39, 0.29) is 23.7 Å². The molecule has 1 heterocycles. The van der Waals surface area contributed by atoms with Crippen LogP contribution in [0.1, 0.15) is 10.4 Å². The second kappa shape index (κ2) is 5.22. The van der Waals surface area contributed by atoms with Crippen molar-refractivity contribution in [1.29, 1.82) is 0 Å². The minimum Gasteiger partial charge on any atom is -0.478 e. The number of rotatable bonds is 4. The maximum absolute atomic E-state index is 11.4. The van der Waals surface area contributed by atoms with Crippen LogP contribution >= 0.6 is 0 Å². The predicted molar refractivity (Wildman–Crippen MR) is 58.4 cm³/mol. The average molecular weight is 223 g/mol. The molecule has 0 radical (unpaired) electrons. The van der Waals surface area contributed by atoms with Gasteiger partial charge in [0.05, 0.1) is 24.0 Å². The van der Waals surface area contributed by atoms with Gasteiger partial charge in [-0.1, -0.05) is 0 Å². The molecule has 6 heteroatoms. The zero-order chi connectivity index (χ0) is 12.1. The Hall–Kier alpha value is -1.95. The summed E-state index contributed by atoms with van der Waals surface area (Å²) in [6.45, 7) is 0.188. The van der Waals surface area contributed by atoms with E-state index in [4.69, 9.17) is 5.11 Å². The number of carbonyl (C=O) groups excluding carboxylic acids is 1. The molecule has 1 aromatic heterocycles. The molecule has 0 aliphatic rings. The number of nitrogens with zero attached hydrogens (tertiary/aromatic N) is 2. The zero-order valence-corrected chi connectivity index (χ0v) is 9.10. The Kier molecular flexibility index (Phi) is 3.96. The molecular weight excluding hydrogens is 210 g/mol. The molecule has 1 amide bonds. The number of nitrogens with one attached hydrogen (secondary N) is 1. The summed E-state index contributed by atoms with van der Waals surface area (Å²) in [7, 11) is 3.50. The van der Waals surface area contributed by atoms with Crippen molar-refractivity contribution in [3.05, 3.63) is 24.0 Å². The number of pyridine rings is 1. The van der Waals surface area contributed by atoms with E-state index in [0.717, 1.165) is 0 Å². The fraction of sp³-hybridized carbons (Fsp3) is 0.300. The number of carboxylic acid groups (broad SMARTS) is 1. The third-order valence-corrected chi connectivity index (χ3v) is 1.79. The highest BCUT2D eigenvalue weighted by Crippen LogP contribution is 2.12. The Labute approximate surface area is 92.9 Å². The van der Waals surface area contributed by atoms with E-state index in [0.29, 0.717) is 0 Å². The van der Waals surface area contributed by atoms with Gasteiger partial charge in [-0.2, -0.15) is 0 Å². The number of aromatic nitrogens is 1. The quantitative estimate of drug-likeness (QED) is 0.766. The molecule has 1 aromatic rings. The van der Waals surface area contributed by atoms with E-state index in [1.807, 2.05) is 0 Å². The first-order valence-corrected chi connectivity index (χ1v) is 4.62. The van der Waals surface area contributed by atoms with Gasteiger partial charge in [-0.25, -0.2) is 4.79 Å². The molecule has 2 N–H and O–H groups in total. The van der Waals surface area contributed by atoms with Gasteiger partial charge in [-0.15, -0.1) is 0 Å². The van der Waals surface area contributed by atoms with E-state index >= 15 is 0 Å². The highest BCUT2D eigenvalue weighted by atomic mass is 16.4. The molecule has 0 saturated carbocycles. The number of amides is 1. The first-order chi connectivity index (χ1) is 7.50. The fourth-order valence-electron chi connectivity index (χ4n) is 1.16. The molecule has 0 spiro atoms. The van der Waals surface area contributed by atoms with Gasteiger partial charge in [0, 0.05) is 6.20 Å². The van der Waals surface area contributed by atoms with Gasteiger partial charge in [0.25, 0.3) is 0 Å². The first-order valence-electron chi connectivity index (χ1n) is 4.62.